The van der Waals surface area contributed by atoms with Gasteiger partial charge in [-0.3, -0.25) is 4.79 Å². The smallest absolute Gasteiger partial charge is 0.258 e. The molecule has 0 aliphatic rings. The van der Waals surface area contributed by atoms with Gasteiger partial charge in [0.1, 0.15) is 0 Å². The van der Waals surface area contributed by atoms with E-state index < -0.39 is 0 Å². The molecule has 3 aromatic rings. The summed E-state index contributed by atoms with van der Waals surface area (Å²) in [6, 6.07) is 23.6. The molecule has 3 rings (SSSR count). The predicted octanol–water partition coefficient (Wildman–Crippen LogP) is 4.69. The largest absolute Gasteiger partial charge is 0.303 e. The van der Waals surface area contributed by atoms with Crippen molar-refractivity contribution in [3.8, 4) is 10.4 Å². The van der Waals surface area contributed by atoms with E-state index in [9.17, 15) is 4.79 Å². The molecule has 0 unspecified atom stereocenters. The molecule has 2 aromatic carbocycles. The first kappa shape index (κ1) is 13.6. The summed E-state index contributed by atoms with van der Waals surface area (Å²) in [5.41, 5.74) is 1.88. The van der Waals surface area contributed by atoms with Crippen molar-refractivity contribution in [2.24, 2.45) is 0 Å². The number of carbonyl (C=O) groups is 1. The Bertz CT molecular complexity index is 734. The second kappa shape index (κ2) is 5.94. The van der Waals surface area contributed by atoms with E-state index in [-0.39, 0.29) is 5.91 Å². The number of carbonyl (C=O) groups excluding carboxylic acids is 1. The number of amides is 1. The Morgan fingerprint density at radius 3 is 2.14 bits per heavy atom. The maximum Gasteiger partial charge on any atom is 0.258 e. The molecule has 0 radical (unpaired) electrons. The van der Waals surface area contributed by atoms with Crippen LogP contribution in [0.25, 0.3) is 10.4 Å². The third kappa shape index (κ3) is 2.88. The first-order valence-corrected chi connectivity index (χ1v) is 7.56. The summed E-state index contributed by atoms with van der Waals surface area (Å²) in [7, 11) is 1.82. The van der Waals surface area contributed by atoms with Crippen LogP contribution in [0.1, 0.15) is 10.4 Å². The van der Waals surface area contributed by atoms with E-state index in [1.165, 1.54) is 10.4 Å². The number of anilines is 1. The molecule has 2 nitrogen and oxygen atoms in total. The van der Waals surface area contributed by atoms with Gasteiger partial charge in [-0.25, -0.2) is 0 Å². The van der Waals surface area contributed by atoms with Crippen LogP contribution in [0, 0.1) is 0 Å². The minimum atomic E-state index is 0.0112. The highest BCUT2D eigenvalue weighted by atomic mass is 32.1. The van der Waals surface area contributed by atoms with Gasteiger partial charge in [0.25, 0.3) is 5.91 Å². The van der Waals surface area contributed by atoms with Crippen molar-refractivity contribution >= 4 is 22.2 Å². The molecule has 0 saturated carbocycles. The van der Waals surface area contributed by atoms with Gasteiger partial charge >= 0.3 is 0 Å². The van der Waals surface area contributed by atoms with Crippen LogP contribution in [0.3, 0.4) is 0 Å². The second-order valence-electron chi connectivity index (χ2n) is 4.73. The van der Waals surface area contributed by atoms with Crippen LogP contribution in [0.15, 0.2) is 72.8 Å². The first-order chi connectivity index (χ1) is 10.3. The summed E-state index contributed by atoms with van der Waals surface area (Å²) >= 11 is 1.62. The highest BCUT2D eigenvalue weighted by Crippen LogP contribution is 2.33. The zero-order valence-electron chi connectivity index (χ0n) is 11.7. The van der Waals surface area contributed by atoms with Crippen molar-refractivity contribution in [2.45, 2.75) is 0 Å². The summed E-state index contributed by atoms with van der Waals surface area (Å²) in [5, 5.41) is 0.947. The molecule has 0 aliphatic heterocycles. The Kier molecular flexibility index (Phi) is 3.84. The van der Waals surface area contributed by atoms with Crippen molar-refractivity contribution in [1.29, 1.82) is 0 Å². The summed E-state index contributed by atoms with van der Waals surface area (Å²) in [6.45, 7) is 0. The average molecular weight is 293 g/mol. The Balaban J connectivity index is 1.85. The van der Waals surface area contributed by atoms with Crippen LogP contribution in [-0.4, -0.2) is 13.0 Å². The topological polar surface area (TPSA) is 20.3 Å². The Morgan fingerprint density at radius 2 is 1.48 bits per heavy atom. The highest BCUT2D eigenvalue weighted by molar-refractivity contribution is 7.19. The van der Waals surface area contributed by atoms with Crippen molar-refractivity contribution in [3.63, 3.8) is 0 Å². The first-order valence-electron chi connectivity index (χ1n) is 6.74. The number of benzene rings is 2. The molecule has 1 amide bonds. The van der Waals surface area contributed by atoms with Crippen LogP contribution in [-0.2, 0) is 0 Å². The van der Waals surface area contributed by atoms with Gasteiger partial charge in [-0.2, -0.15) is 0 Å². The molecular formula is C18H15NOS. The minimum absolute atomic E-state index is 0.0112. The van der Waals surface area contributed by atoms with Crippen LogP contribution in [0.4, 0.5) is 5.00 Å². The maximum atomic E-state index is 12.4. The van der Waals surface area contributed by atoms with E-state index in [2.05, 4.69) is 18.2 Å². The van der Waals surface area contributed by atoms with Crippen LogP contribution < -0.4 is 4.90 Å². The van der Waals surface area contributed by atoms with E-state index in [0.29, 0.717) is 5.56 Å². The molecule has 0 aliphatic carbocycles. The third-order valence-electron chi connectivity index (χ3n) is 3.31. The van der Waals surface area contributed by atoms with Crippen molar-refractivity contribution in [2.75, 3.05) is 11.9 Å². The van der Waals surface area contributed by atoms with E-state index in [1.807, 2.05) is 61.6 Å². The molecule has 3 heteroatoms. The predicted molar refractivity (Wildman–Crippen MR) is 88.9 cm³/mol. The molecule has 0 fully saturated rings. The van der Waals surface area contributed by atoms with Crippen molar-refractivity contribution in [1.82, 2.24) is 0 Å². The van der Waals surface area contributed by atoms with Gasteiger partial charge in [-0.05, 0) is 29.8 Å². The Morgan fingerprint density at radius 1 is 0.857 bits per heavy atom. The maximum absolute atomic E-state index is 12.4. The quantitative estimate of drug-likeness (QED) is 0.686. The lowest BCUT2D eigenvalue weighted by atomic mass is 10.2. The Hall–Kier alpha value is -2.39. The van der Waals surface area contributed by atoms with Crippen LogP contribution in [0.5, 0.6) is 0 Å². The summed E-state index contributed by atoms with van der Waals surface area (Å²) in [6.07, 6.45) is 0. The summed E-state index contributed by atoms with van der Waals surface area (Å²) < 4.78 is 0. The molecule has 104 valence electrons. The lowest BCUT2D eigenvalue weighted by Crippen LogP contribution is -2.25. The third-order valence-corrected chi connectivity index (χ3v) is 4.52. The monoisotopic (exact) mass is 293 g/mol. The SMILES string of the molecule is CN(C(=O)c1ccccc1)c1ccc(-c2ccccc2)s1. The number of hydrogen-bond donors (Lipinski definition) is 0. The number of rotatable bonds is 3. The summed E-state index contributed by atoms with van der Waals surface area (Å²) in [5.74, 6) is 0.0112. The van der Waals surface area contributed by atoms with Gasteiger partial charge in [0, 0.05) is 17.5 Å². The molecule has 0 spiro atoms. The van der Waals surface area contributed by atoms with Crippen LogP contribution >= 0.6 is 11.3 Å². The fourth-order valence-electron chi connectivity index (χ4n) is 2.14. The fourth-order valence-corrected chi connectivity index (χ4v) is 3.11. The van der Waals surface area contributed by atoms with E-state index >= 15 is 0 Å². The molecule has 21 heavy (non-hydrogen) atoms. The number of nitrogens with zero attached hydrogens (tertiary/aromatic N) is 1. The molecule has 1 heterocycles. The number of hydrogen-bond acceptors (Lipinski definition) is 2. The second-order valence-corrected chi connectivity index (χ2v) is 5.80. The van der Waals surface area contributed by atoms with Crippen LogP contribution in [0.2, 0.25) is 0 Å². The summed E-state index contributed by atoms with van der Waals surface area (Å²) in [4.78, 5) is 15.3. The molecule has 0 saturated heterocycles. The molecular weight excluding hydrogens is 278 g/mol. The normalized spacial score (nSPS) is 10.3. The standard InChI is InChI=1S/C18H15NOS/c1-19(18(20)15-10-6-3-7-11-15)17-13-12-16(21-17)14-8-4-2-5-9-14/h2-13H,1H3. The fraction of sp³-hybridized carbons (Fsp3) is 0.0556. The van der Waals surface area contributed by atoms with Crippen molar-refractivity contribution in [3.05, 3.63) is 78.4 Å². The lowest BCUT2D eigenvalue weighted by Gasteiger charge is -2.14. The van der Waals surface area contributed by atoms with Gasteiger partial charge in [0.05, 0.1) is 5.00 Å². The van der Waals surface area contributed by atoms with Gasteiger partial charge in [-0.15, -0.1) is 11.3 Å². The average Bonchev–Trinajstić information content (AvgIpc) is 3.05. The van der Waals surface area contributed by atoms with Gasteiger partial charge in [0.2, 0.25) is 0 Å². The zero-order chi connectivity index (χ0) is 14.7. The van der Waals surface area contributed by atoms with Crippen molar-refractivity contribution < 1.29 is 4.79 Å². The highest BCUT2D eigenvalue weighted by Gasteiger charge is 2.15. The van der Waals surface area contributed by atoms with Gasteiger partial charge in [-0.1, -0.05) is 48.5 Å². The molecule has 0 bridgehead atoms. The van der Waals surface area contributed by atoms with E-state index in [1.54, 1.807) is 16.2 Å². The van der Waals surface area contributed by atoms with E-state index in [4.69, 9.17) is 0 Å². The number of thiophene rings is 1. The zero-order valence-corrected chi connectivity index (χ0v) is 12.5. The Labute approximate surface area is 128 Å². The van der Waals surface area contributed by atoms with Gasteiger partial charge in [0.15, 0.2) is 0 Å². The molecule has 0 atom stereocenters. The minimum Gasteiger partial charge on any atom is -0.303 e. The molecule has 1 aromatic heterocycles. The molecule has 0 N–H and O–H groups in total. The lowest BCUT2D eigenvalue weighted by molar-refractivity contribution is 0.0993. The van der Waals surface area contributed by atoms with E-state index in [0.717, 1.165) is 5.00 Å². The van der Waals surface area contributed by atoms with Gasteiger partial charge < -0.3 is 4.90 Å².